The molecule has 25 heavy (non-hydrogen) atoms. The number of benzene rings is 1. The average Bonchev–Trinajstić information content (AvgIpc) is 2.49. The van der Waals surface area contributed by atoms with Crippen molar-refractivity contribution in [3.8, 4) is 0 Å². The molecule has 1 fully saturated rings. The SMILES string of the molecule is Cc1cc(CN2CCN(C(=O)OC(C)(C)C)CC2)c(C)c([N+](=O)[O-])c1. The molecule has 1 amide bonds. The standard InChI is InChI=1S/C18H27N3O4/c1-13-10-15(14(2)16(11-13)21(23)24)12-19-6-8-20(9-7-19)17(22)25-18(3,4)5/h10-11H,6-9,12H2,1-5H3. The summed E-state index contributed by atoms with van der Waals surface area (Å²) >= 11 is 0. The molecule has 0 saturated carbocycles. The molecule has 1 aliphatic heterocycles. The fourth-order valence-electron chi connectivity index (χ4n) is 2.92. The number of amides is 1. The summed E-state index contributed by atoms with van der Waals surface area (Å²) in [5.41, 5.74) is 2.25. The summed E-state index contributed by atoms with van der Waals surface area (Å²) in [5, 5.41) is 11.2. The Morgan fingerprint density at radius 1 is 1.20 bits per heavy atom. The molecule has 7 heteroatoms. The number of nitrogens with zero attached hydrogens (tertiary/aromatic N) is 3. The van der Waals surface area contributed by atoms with Gasteiger partial charge in [0.25, 0.3) is 5.69 Å². The molecule has 0 N–H and O–H groups in total. The normalized spacial score (nSPS) is 16.0. The van der Waals surface area contributed by atoms with Crippen LogP contribution in [0.1, 0.15) is 37.5 Å². The molecular formula is C18H27N3O4. The number of piperazine rings is 1. The Morgan fingerprint density at radius 2 is 1.80 bits per heavy atom. The minimum Gasteiger partial charge on any atom is -0.444 e. The molecule has 1 heterocycles. The van der Waals surface area contributed by atoms with Gasteiger partial charge in [0.05, 0.1) is 4.92 Å². The molecule has 138 valence electrons. The van der Waals surface area contributed by atoms with Gasteiger partial charge in [0.15, 0.2) is 0 Å². The molecule has 0 spiro atoms. The van der Waals surface area contributed by atoms with Gasteiger partial charge < -0.3 is 9.64 Å². The lowest BCUT2D eigenvalue weighted by atomic mass is 10.0. The number of carbonyl (C=O) groups is 1. The number of aryl methyl sites for hydroxylation is 1. The zero-order valence-corrected chi connectivity index (χ0v) is 15.7. The summed E-state index contributed by atoms with van der Waals surface area (Å²) in [6.07, 6.45) is -0.283. The highest BCUT2D eigenvalue weighted by molar-refractivity contribution is 5.68. The van der Waals surface area contributed by atoms with Crippen LogP contribution in [0.2, 0.25) is 0 Å². The second-order valence-electron chi connectivity index (χ2n) is 7.57. The molecule has 0 unspecified atom stereocenters. The Bertz CT molecular complexity index is 659. The number of hydrogen-bond donors (Lipinski definition) is 0. The molecule has 7 nitrogen and oxygen atoms in total. The number of ether oxygens (including phenoxy) is 1. The fourth-order valence-corrected chi connectivity index (χ4v) is 2.92. The van der Waals surface area contributed by atoms with Crippen LogP contribution in [-0.4, -0.2) is 52.6 Å². The fraction of sp³-hybridized carbons (Fsp3) is 0.611. The quantitative estimate of drug-likeness (QED) is 0.618. The Labute approximate surface area is 148 Å². The first-order valence-corrected chi connectivity index (χ1v) is 8.51. The van der Waals surface area contributed by atoms with E-state index in [1.165, 1.54) is 0 Å². The number of nitro benzene ring substituents is 1. The minimum atomic E-state index is -0.494. The van der Waals surface area contributed by atoms with E-state index in [9.17, 15) is 14.9 Å². The second-order valence-corrected chi connectivity index (χ2v) is 7.57. The van der Waals surface area contributed by atoms with Gasteiger partial charge in [-0.2, -0.15) is 0 Å². The van der Waals surface area contributed by atoms with Crippen molar-refractivity contribution in [2.75, 3.05) is 26.2 Å². The summed E-state index contributed by atoms with van der Waals surface area (Å²) < 4.78 is 5.40. The van der Waals surface area contributed by atoms with Crippen molar-refractivity contribution in [3.05, 3.63) is 38.9 Å². The molecule has 0 aliphatic carbocycles. The van der Waals surface area contributed by atoms with Gasteiger partial charge >= 0.3 is 6.09 Å². The van der Waals surface area contributed by atoms with E-state index in [1.54, 1.807) is 17.9 Å². The molecule has 1 saturated heterocycles. The van der Waals surface area contributed by atoms with E-state index in [0.29, 0.717) is 25.2 Å². The van der Waals surface area contributed by atoms with Gasteiger partial charge in [-0.25, -0.2) is 4.79 Å². The number of hydrogen-bond acceptors (Lipinski definition) is 5. The van der Waals surface area contributed by atoms with Crippen molar-refractivity contribution in [1.29, 1.82) is 0 Å². The number of carbonyl (C=O) groups excluding carboxylic acids is 1. The van der Waals surface area contributed by atoms with E-state index in [0.717, 1.165) is 24.2 Å². The predicted molar refractivity (Wildman–Crippen MR) is 95.7 cm³/mol. The zero-order valence-electron chi connectivity index (χ0n) is 15.7. The number of rotatable bonds is 3. The topological polar surface area (TPSA) is 75.9 Å². The van der Waals surface area contributed by atoms with Crippen LogP contribution in [0.25, 0.3) is 0 Å². The van der Waals surface area contributed by atoms with Crippen LogP contribution < -0.4 is 0 Å². The van der Waals surface area contributed by atoms with Gasteiger partial charge in [-0.1, -0.05) is 6.07 Å². The number of nitro groups is 1. The zero-order chi connectivity index (χ0) is 18.8. The Morgan fingerprint density at radius 3 is 2.32 bits per heavy atom. The Balaban J connectivity index is 1.99. The van der Waals surface area contributed by atoms with Gasteiger partial charge in [0.2, 0.25) is 0 Å². The van der Waals surface area contributed by atoms with Crippen LogP contribution in [0.4, 0.5) is 10.5 Å². The third kappa shape index (κ3) is 5.16. The van der Waals surface area contributed by atoms with Crippen LogP contribution in [0.15, 0.2) is 12.1 Å². The van der Waals surface area contributed by atoms with Gasteiger partial charge in [-0.3, -0.25) is 15.0 Å². The van der Waals surface area contributed by atoms with Gasteiger partial charge in [0, 0.05) is 44.4 Å². The molecule has 1 aliphatic rings. The van der Waals surface area contributed by atoms with Crippen molar-refractivity contribution in [2.45, 2.75) is 46.8 Å². The summed E-state index contributed by atoms with van der Waals surface area (Å²) in [7, 11) is 0. The van der Waals surface area contributed by atoms with E-state index in [2.05, 4.69) is 4.90 Å². The molecule has 0 radical (unpaired) electrons. The van der Waals surface area contributed by atoms with Crippen LogP contribution in [-0.2, 0) is 11.3 Å². The summed E-state index contributed by atoms with van der Waals surface area (Å²) in [5.74, 6) is 0. The molecule has 1 aromatic carbocycles. The maximum atomic E-state index is 12.1. The van der Waals surface area contributed by atoms with Gasteiger partial charge in [-0.05, 0) is 45.7 Å². The smallest absolute Gasteiger partial charge is 0.410 e. The largest absolute Gasteiger partial charge is 0.444 e. The predicted octanol–water partition coefficient (Wildman–Crippen LogP) is 3.26. The molecule has 0 aromatic heterocycles. The third-order valence-corrected chi connectivity index (χ3v) is 4.25. The van der Waals surface area contributed by atoms with Crippen LogP contribution >= 0.6 is 0 Å². The Hall–Kier alpha value is -2.15. The van der Waals surface area contributed by atoms with E-state index in [1.807, 2.05) is 33.8 Å². The molecule has 0 bridgehead atoms. The van der Waals surface area contributed by atoms with E-state index < -0.39 is 5.60 Å². The highest BCUT2D eigenvalue weighted by Crippen LogP contribution is 2.25. The summed E-state index contributed by atoms with van der Waals surface area (Å²) in [4.78, 5) is 26.9. The monoisotopic (exact) mass is 349 g/mol. The highest BCUT2D eigenvalue weighted by atomic mass is 16.6. The molecular weight excluding hydrogens is 322 g/mol. The van der Waals surface area contributed by atoms with Crippen LogP contribution in [0.5, 0.6) is 0 Å². The lowest BCUT2D eigenvalue weighted by Gasteiger charge is -2.35. The maximum absolute atomic E-state index is 12.1. The molecule has 1 aromatic rings. The first-order chi connectivity index (χ1) is 11.6. The lowest BCUT2D eigenvalue weighted by Crippen LogP contribution is -2.49. The van der Waals surface area contributed by atoms with Gasteiger partial charge in [0.1, 0.15) is 5.60 Å². The van der Waals surface area contributed by atoms with Crippen molar-refractivity contribution in [1.82, 2.24) is 9.80 Å². The van der Waals surface area contributed by atoms with Gasteiger partial charge in [-0.15, -0.1) is 0 Å². The van der Waals surface area contributed by atoms with E-state index >= 15 is 0 Å². The first kappa shape index (κ1) is 19.2. The van der Waals surface area contributed by atoms with Crippen LogP contribution in [0, 0.1) is 24.0 Å². The summed E-state index contributed by atoms with van der Waals surface area (Å²) in [6, 6.07) is 3.61. The van der Waals surface area contributed by atoms with E-state index in [-0.39, 0.29) is 16.7 Å². The van der Waals surface area contributed by atoms with Crippen molar-refractivity contribution in [2.24, 2.45) is 0 Å². The lowest BCUT2D eigenvalue weighted by molar-refractivity contribution is -0.385. The van der Waals surface area contributed by atoms with Crippen molar-refractivity contribution < 1.29 is 14.5 Å². The van der Waals surface area contributed by atoms with Crippen LogP contribution in [0.3, 0.4) is 0 Å². The molecule has 2 rings (SSSR count). The average molecular weight is 349 g/mol. The highest BCUT2D eigenvalue weighted by Gasteiger charge is 2.26. The second kappa shape index (κ2) is 7.39. The molecule has 0 atom stereocenters. The summed E-state index contributed by atoms with van der Waals surface area (Å²) in [6.45, 7) is 12.5. The Kier molecular flexibility index (Phi) is 5.67. The van der Waals surface area contributed by atoms with Crippen molar-refractivity contribution >= 4 is 11.8 Å². The first-order valence-electron chi connectivity index (χ1n) is 8.51. The van der Waals surface area contributed by atoms with E-state index in [4.69, 9.17) is 4.74 Å². The third-order valence-electron chi connectivity index (χ3n) is 4.25. The maximum Gasteiger partial charge on any atom is 0.410 e. The van der Waals surface area contributed by atoms with Crippen molar-refractivity contribution in [3.63, 3.8) is 0 Å². The minimum absolute atomic E-state index is 0.169.